The molecule has 23 heavy (non-hydrogen) atoms. The highest BCUT2D eigenvalue weighted by Crippen LogP contribution is 2.25. The Hall–Kier alpha value is -3.07. The number of hydrogen-bond acceptors (Lipinski definition) is 2. The summed E-state index contributed by atoms with van der Waals surface area (Å²) in [4.78, 5) is 15.3. The monoisotopic (exact) mass is 303 g/mol. The van der Waals surface area contributed by atoms with Crippen molar-refractivity contribution in [1.29, 1.82) is 0 Å². The Morgan fingerprint density at radius 1 is 0.957 bits per heavy atom. The molecule has 1 N–H and O–H groups in total. The number of rotatable bonds is 4. The Labute approximate surface area is 135 Å². The van der Waals surface area contributed by atoms with Crippen LogP contribution in [0.5, 0.6) is 0 Å². The van der Waals surface area contributed by atoms with Crippen molar-refractivity contribution in [3.05, 3.63) is 83.6 Å². The summed E-state index contributed by atoms with van der Waals surface area (Å²) in [7, 11) is 1.39. The number of benzene rings is 2. The molecule has 0 amide bonds. The van der Waals surface area contributed by atoms with Crippen LogP contribution in [0.4, 0.5) is 0 Å². The van der Waals surface area contributed by atoms with Gasteiger partial charge in [0, 0.05) is 5.69 Å². The standard InChI is InChI=1S/C20H17NO2/c1-23-20(22)18-14-17(13-12-15-8-4-2-5-9-15)21-19(18)16-10-6-3-7-11-16/h2-14,21H,1H3. The highest BCUT2D eigenvalue weighted by Gasteiger charge is 2.16. The zero-order valence-corrected chi connectivity index (χ0v) is 12.8. The highest BCUT2D eigenvalue weighted by molar-refractivity contribution is 5.97. The van der Waals surface area contributed by atoms with Gasteiger partial charge in [-0.2, -0.15) is 0 Å². The summed E-state index contributed by atoms with van der Waals surface area (Å²) in [6.07, 6.45) is 3.95. The second-order valence-electron chi connectivity index (χ2n) is 5.11. The lowest BCUT2D eigenvalue weighted by Crippen LogP contribution is -2.01. The SMILES string of the molecule is COC(=O)c1cc(C=Cc2ccccc2)[nH]c1-c1ccccc1. The van der Waals surface area contributed by atoms with Crippen molar-refractivity contribution in [1.82, 2.24) is 4.98 Å². The lowest BCUT2D eigenvalue weighted by Gasteiger charge is -2.02. The van der Waals surface area contributed by atoms with E-state index >= 15 is 0 Å². The summed E-state index contributed by atoms with van der Waals surface area (Å²) < 4.78 is 4.89. The number of nitrogens with one attached hydrogen (secondary N) is 1. The van der Waals surface area contributed by atoms with Crippen molar-refractivity contribution in [3.8, 4) is 11.3 Å². The molecule has 0 aliphatic carbocycles. The summed E-state index contributed by atoms with van der Waals surface area (Å²) in [6.45, 7) is 0. The Morgan fingerprint density at radius 2 is 1.61 bits per heavy atom. The van der Waals surface area contributed by atoms with E-state index in [0.717, 1.165) is 22.5 Å². The molecule has 1 aromatic heterocycles. The molecule has 3 rings (SSSR count). The zero-order valence-electron chi connectivity index (χ0n) is 12.8. The number of hydrogen-bond donors (Lipinski definition) is 1. The third-order valence-corrected chi connectivity index (χ3v) is 3.56. The Kier molecular flexibility index (Phi) is 4.39. The average Bonchev–Trinajstić information content (AvgIpc) is 3.05. The van der Waals surface area contributed by atoms with Gasteiger partial charge in [-0.25, -0.2) is 4.79 Å². The van der Waals surface area contributed by atoms with Crippen LogP contribution in [-0.2, 0) is 4.74 Å². The smallest absolute Gasteiger partial charge is 0.340 e. The summed E-state index contributed by atoms with van der Waals surface area (Å²) in [5.41, 5.74) is 4.21. The van der Waals surface area contributed by atoms with Gasteiger partial charge >= 0.3 is 5.97 Å². The minimum atomic E-state index is -0.348. The van der Waals surface area contributed by atoms with E-state index in [1.54, 1.807) is 0 Å². The van der Waals surface area contributed by atoms with E-state index in [-0.39, 0.29) is 5.97 Å². The molecule has 3 aromatic rings. The predicted molar refractivity (Wildman–Crippen MR) is 92.9 cm³/mol. The molecule has 114 valence electrons. The van der Waals surface area contributed by atoms with E-state index in [2.05, 4.69) is 4.98 Å². The zero-order chi connectivity index (χ0) is 16.1. The van der Waals surface area contributed by atoms with Crippen LogP contribution in [0.1, 0.15) is 21.6 Å². The third-order valence-electron chi connectivity index (χ3n) is 3.56. The molecule has 0 saturated carbocycles. The summed E-state index contributed by atoms with van der Waals surface area (Å²) in [6, 6.07) is 21.6. The maximum absolute atomic E-state index is 12.0. The summed E-state index contributed by atoms with van der Waals surface area (Å²) in [5.74, 6) is -0.348. The maximum atomic E-state index is 12.0. The van der Waals surface area contributed by atoms with Gasteiger partial charge in [-0.15, -0.1) is 0 Å². The van der Waals surface area contributed by atoms with Gasteiger partial charge in [0.15, 0.2) is 0 Å². The first kappa shape index (κ1) is 14.9. The Balaban J connectivity index is 1.98. The van der Waals surface area contributed by atoms with E-state index < -0.39 is 0 Å². The molecular formula is C20H17NO2. The van der Waals surface area contributed by atoms with Crippen LogP contribution in [0.3, 0.4) is 0 Å². The van der Waals surface area contributed by atoms with Gasteiger partial charge in [0.25, 0.3) is 0 Å². The van der Waals surface area contributed by atoms with Gasteiger partial charge in [0.2, 0.25) is 0 Å². The minimum absolute atomic E-state index is 0.348. The van der Waals surface area contributed by atoms with Crippen LogP contribution in [0.15, 0.2) is 66.7 Å². The Bertz CT molecular complexity index is 817. The molecule has 1 heterocycles. The molecule has 0 aliphatic rings. The summed E-state index contributed by atoms with van der Waals surface area (Å²) in [5, 5.41) is 0. The number of aromatic amines is 1. The normalized spacial score (nSPS) is 10.8. The first-order valence-electron chi connectivity index (χ1n) is 7.38. The molecular weight excluding hydrogens is 286 g/mol. The maximum Gasteiger partial charge on any atom is 0.340 e. The van der Waals surface area contributed by atoms with Crippen LogP contribution in [-0.4, -0.2) is 18.1 Å². The molecule has 0 unspecified atom stereocenters. The molecule has 3 nitrogen and oxygen atoms in total. The fraction of sp³-hybridized carbons (Fsp3) is 0.0500. The molecule has 0 bridgehead atoms. The molecule has 0 saturated heterocycles. The van der Waals surface area contributed by atoms with Crippen LogP contribution in [0.2, 0.25) is 0 Å². The van der Waals surface area contributed by atoms with Crippen molar-refractivity contribution in [2.75, 3.05) is 7.11 Å². The number of H-pyrrole nitrogens is 1. The molecule has 0 aliphatic heterocycles. The third kappa shape index (κ3) is 3.40. The van der Waals surface area contributed by atoms with Crippen LogP contribution >= 0.6 is 0 Å². The van der Waals surface area contributed by atoms with Gasteiger partial charge in [0.05, 0.1) is 18.4 Å². The van der Waals surface area contributed by atoms with Gasteiger partial charge in [0.1, 0.15) is 0 Å². The van der Waals surface area contributed by atoms with Crippen molar-refractivity contribution in [2.45, 2.75) is 0 Å². The fourth-order valence-corrected chi connectivity index (χ4v) is 2.42. The number of carbonyl (C=O) groups excluding carboxylic acids is 1. The number of methoxy groups -OCH3 is 1. The minimum Gasteiger partial charge on any atom is -0.465 e. The molecule has 0 radical (unpaired) electrons. The average molecular weight is 303 g/mol. The second kappa shape index (κ2) is 6.79. The molecule has 3 heteroatoms. The van der Waals surface area contributed by atoms with Crippen LogP contribution in [0.25, 0.3) is 23.4 Å². The van der Waals surface area contributed by atoms with Gasteiger partial charge in [-0.05, 0) is 23.3 Å². The fourth-order valence-electron chi connectivity index (χ4n) is 2.42. The van der Waals surface area contributed by atoms with Gasteiger partial charge in [-0.3, -0.25) is 0 Å². The topological polar surface area (TPSA) is 42.1 Å². The largest absolute Gasteiger partial charge is 0.465 e. The van der Waals surface area contributed by atoms with Gasteiger partial charge < -0.3 is 9.72 Å². The van der Waals surface area contributed by atoms with Crippen LogP contribution in [0, 0.1) is 0 Å². The lowest BCUT2D eigenvalue weighted by atomic mass is 10.1. The van der Waals surface area contributed by atoms with E-state index in [4.69, 9.17) is 4.74 Å². The Morgan fingerprint density at radius 3 is 2.26 bits per heavy atom. The highest BCUT2D eigenvalue weighted by atomic mass is 16.5. The predicted octanol–water partition coefficient (Wildman–Crippen LogP) is 4.64. The van der Waals surface area contributed by atoms with Crippen molar-refractivity contribution in [3.63, 3.8) is 0 Å². The molecule has 2 aromatic carbocycles. The summed E-state index contributed by atoms with van der Waals surface area (Å²) >= 11 is 0. The van der Waals surface area contributed by atoms with E-state index in [1.807, 2.05) is 78.9 Å². The molecule has 0 fully saturated rings. The van der Waals surface area contributed by atoms with Crippen molar-refractivity contribution >= 4 is 18.1 Å². The van der Waals surface area contributed by atoms with E-state index in [1.165, 1.54) is 7.11 Å². The van der Waals surface area contributed by atoms with Gasteiger partial charge in [-0.1, -0.05) is 66.7 Å². The molecule has 0 atom stereocenters. The first-order chi connectivity index (χ1) is 11.3. The lowest BCUT2D eigenvalue weighted by molar-refractivity contribution is 0.0602. The van der Waals surface area contributed by atoms with Crippen molar-refractivity contribution in [2.24, 2.45) is 0 Å². The van der Waals surface area contributed by atoms with Crippen LogP contribution < -0.4 is 0 Å². The number of esters is 1. The number of ether oxygens (including phenoxy) is 1. The number of aromatic nitrogens is 1. The number of carbonyl (C=O) groups is 1. The quantitative estimate of drug-likeness (QED) is 0.713. The van der Waals surface area contributed by atoms with E-state index in [0.29, 0.717) is 5.56 Å². The van der Waals surface area contributed by atoms with E-state index in [9.17, 15) is 4.79 Å². The first-order valence-corrected chi connectivity index (χ1v) is 7.38. The van der Waals surface area contributed by atoms with Crippen molar-refractivity contribution < 1.29 is 9.53 Å². The molecule has 0 spiro atoms. The second-order valence-corrected chi connectivity index (χ2v) is 5.11.